The highest BCUT2D eigenvalue weighted by atomic mass is 16.6. The fourth-order valence-corrected chi connectivity index (χ4v) is 3.44. The number of carbonyl (C=O) groups excluding carboxylic acids is 2. The highest BCUT2D eigenvalue weighted by Crippen LogP contribution is 2.31. The van der Waals surface area contributed by atoms with Gasteiger partial charge in [-0.25, -0.2) is 9.69 Å². The Kier molecular flexibility index (Phi) is 6.54. The van der Waals surface area contributed by atoms with Gasteiger partial charge in [0.15, 0.2) is 11.5 Å². The summed E-state index contributed by atoms with van der Waals surface area (Å²) in [7, 11) is 0. The van der Waals surface area contributed by atoms with Gasteiger partial charge in [-0.1, -0.05) is 36.4 Å². The summed E-state index contributed by atoms with van der Waals surface area (Å²) in [6, 6.07) is 19.4. The normalized spacial score (nSPS) is 14.3. The van der Waals surface area contributed by atoms with Crippen LogP contribution in [-0.4, -0.2) is 23.5 Å². The van der Waals surface area contributed by atoms with E-state index >= 15 is 0 Å². The number of nitro groups is 1. The summed E-state index contributed by atoms with van der Waals surface area (Å²) in [5, 5.41) is 13.6. The Balaban J connectivity index is 1.54. The van der Waals surface area contributed by atoms with E-state index in [-0.39, 0.29) is 18.0 Å². The summed E-state index contributed by atoms with van der Waals surface area (Å²) in [6.07, 6.45) is 1.57. The van der Waals surface area contributed by atoms with E-state index in [4.69, 9.17) is 9.47 Å². The Morgan fingerprint density at radius 3 is 2.50 bits per heavy atom. The zero-order chi connectivity index (χ0) is 24.1. The number of nitrogens with one attached hydrogen (secondary N) is 1. The van der Waals surface area contributed by atoms with E-state index in [1.807, 2.05) is 6.92 Å². The number of nitro benzene ring substituents is 1. The number of urea groups is 1. The van der Waals surface area contributed by atoms with Crippen LogP contribution in [0, 0.1) is 10.1 Å². The standard InChI is InChI=1S/C25H21N3O6/c1-2-33-23-15-17(11-12-22(23)34-16-18-7-6-10-20(13-18)28(31)32)14-21-24(29)27(25(30)26-21)19-8-4-3-5-9-19/h3-15H,2,16H2,1H3,(H,26,30). The molecule has 9 heteroatoms. The minimum absolute atomic E-state index is 0.0130. The van der Waals surface area contributed by atoms with Crippen molar-refractivity contribution in [2.24, 2.45) is 0 Å². The largest absolute Gasteiger partial charge is 0.490 e. The number of imide groups is 1. The summed E-state index contributed by atoms with van der Waals surface area (Å²) in [4.78, 5) is 36.8. The highest BCUT2D eigenvalue weighted by Gasteiger charge is 2.34. The van der Waals surface area contributed by atoms with Crippen LogP contribution in [0.1, 0.15) is 18.1 Å². The van der Waals surface area contributed by atoms with E-state index in [9.17, 15) is 19.7 Å². The molecular weight excluding hydrogens is 438 g/mol. The molecular formula is C25H21N3O6. The molecule has 0 spiro atoms. The molecule has 1 heterocycles. The molecule has 9 nitrogen and oxygen atoms in total. The number of carbonyl (C=O) groups is 2. The molecule has 4 rings (SSSR count). The average Bonchev–Trinajstić information content (AvgIpc) is 3.12. The Morgan fingerprint density at radius 1 is 0.971 bits per heavy atom. The van der Waals surface area contributed by atoms with Crippen LogP contribution >= 0.6 is 0 Å². The summed E-state index contributed by atoms with van der Waals surface area (Å²) in [6.45, 7) is 2.32. The highest BCUT2D eigenvalue weighted by molar-refractivity contribution is 6.28. The quantitative estimate of drug-likeness (QED) is 0.227. The summed E-state index contributed by atoms with van der Waals surface area (Å²) in [5.74, 6) is 0.433. The second-order valence-electron chi connectivity index (χ2n) is 7.32. The predicted octanol–water partition coefficient (Wildman–Crippen LogP) is 4.67. The molecule has 3 amide bonds. The number of para-hydroxylation sites is 1. The molecule has 0 aliphatic carbocycles. The lowest BCUT2D eigenvalue weighted by Gasteiger charge is -2.13. The van der Waals surface area contributed by atoms with Gasteiger partial charge in [-0.2, -0.15) is 0 Å². The van der Waals surface area contributed by atoms with Crippen LogP contribution < -0.4 is 19.7 Å². The van der Waals surface area contributed by atoms with Crippen molar-refractivity contribution in [1.82, 2.24) is 5.32 Å². The Labute approximate surface area is 195 Å². The number of non-ortho nitro benzene ring substituents is 1. The number of rotatable bonds is 8. The third-order valence-electron chi connectivity index (χ3n) is 4.99. The fourth-order valence-electron chi connectivity index (χ4n) is 3.44. The van der Waals surface area contributed by atoms with Crippen LogP contribution in [0.5, 0.6) is 11.5 Å². The maximum absolute atomic E-state index is 12.8. The molecule has 0 atom stereocenters. The molecule has 34 heavy (non-hydrogen) atoms. The average molecular weight is 459 g/mol. The van der Waals surface area contributed by atoms with E-state index in [1.54, 1.807) is 66.7 Å². The van der Waals surface area contributed by atoms with Crippen LogP contribution in [0.4, 0.5) is 16.2 Å². The second kappa shape index (κ2) is 9.86. The van der Waals surface area contributed by atoms with Gasteiger partial charge in [0.2, 0.25) is 0 Å². The molecule has 1 fully saturated rings. The molecule has 1 N–H and O–H groups in total. The minimum Gasteiger partial charge on any atom is -0.490 e. The van der Waals surface area contributed by atoms with E-state index in [1.165, 1.54) is 12.1 Å². The maximum Gasteiger partial charge on any atom is 0.333 e. The van der Waals surface area contributed by atoms with E-state index in [0.29, 0.717) is 34.9 Å². The molecule has 0 aromatic heterocycles. The van der Waals surface area contributed by atoms with Crippen LogP contribution in [0.25, 0.3) is 6.08 Å². The Bertz CT molecular complexity index is 1270. The molecule has 0 saturated carbocycles. The van der Waals surface area contributed by atoms with Gasteiger partial charge < -0.3 is 14.8 Å². The number of hydrogen-bond acceptors (Lipinski definition) is 6. The lowest BCUT2D eigenvalue weighted by atomic mass is 10.1. The molecule has 3 aromatic carbocycles. The van der Waals surface area contributed by atoms with E-state index in [0.717, 1.165) is 4.90 Å². The molecule has 1 aliphatic heterocycles. The van der Waals surface area contributed by atoms with Gasteiger partial charge in [0.25, 0.3) is 11.6 Å². The number of nitrogens with zero attached hydrogens (tertiary/aromatic N) is 2. The van der Waals surface area contributed by atoms with E-state index in [2.05, 4.69) is 5.32 Å². The van der Waals surface area contributed by atoms with E-state index < -0.39 is 16.9 Å². The molecule has 1 saturated heterocycles. The number of benzene rings is 3. The fraction of sp³-hybridized carbons (Fsp3) is 0.120. The Hall–Kier alpha value is -4.66. The maximum atomic E-state index is 12.8. The smallest absolute Gasteiger partial charge is 0.333 e. The number of anilines is 1. The van der Waals surface area contributed by atoms with Crippen LogP contribution in [0.2, 0.25) is 0 Å². The summed E-state index contributed by atoms with van der Waals surface area (Å²) < 4.78 is 11.5. The van der Waals surface area contributed by atoms with Crippen molar-refractivity contribution in [3.05, 3.63) is 99.7 Å². The summed E-state index contributed by atoms with van der Waals surface area (Å²) >= 11 is 0. The number of amides is 3. The van der Waals surface area contributed by atoms with Gasteiger partial charge in [0.05, 0.1) is 17.2 Å². The number of ether oxygens (including phenoxy) is 2. The molecule has 3 aromatic rings. The van der Waals surface area contributed by atoms with Crippen molar-refractivity contribution in [2.45, 2.75) is 13.5 Å². The molecule has 0 unspecified atom stereocenters. The minimum atomic E-state index is -0.524. The SMILES string of the molecule is CCOc1cc(C=C2NC(=O)N(c3ccccc3)C2=O)ccc1OCc1cccc([N+](=O)[O-])c1. The van der Waals surface area contributed by atoms with Crippen molar-refractivity contribution >= 4 is 29.4 Å². The van der Waals surface area contributed by atoms with Gasteiger partial charge in [-0.05, 0) is 48.4 Å². The van der Waals surface area contributed by atoms with Crippen molar-refractivity contribution in [1.29, 1.82) is 0 Å². The van der Waals surface area contributed by atoms with Gasteiger partial charge in [-0.15, -0.1) is 0 Å². The molecule has 1 aliphatic rings. The van der Waals surface area contributed by atoms with Crippen molar-refractivity contribution in [2.75, 3.05) is 11.5 Å². The zero-order valence-electron chi connectivity index (χ0n) is 18.3. The van der Waals surface area contributed by atoms with Gasteiger partial charge in [0, 0.05) is 12.1 Å². The topological polar surface area (TPSA) is 111 Å². The lowest BCUT2D eigenvalue weighted by Crippen LogP contribution is -2.30. The van der Waals surface area contributed by atoms with Crippen molar-refractivity contribution in [3.63, 3.8) is 0 Å². The first-order valence-corrected chi connectivity index (χ1v) is 10.5. The molecule has 0 bridgehead atoms. The Morgan fingerprint density at radius 2 is 1.76 bits per heavy atom. The second-order valence-corrected chi connectivity index (χ2v) is 7.32. The zero-order valence-corrected chi connectivity index (χ0v) is 18.3. The first-order valence-electron chi connectivity index (χ1n) is 10.5. The summed E-state index contributed by atoms with van der Waals surface area (Å²) in [5.41, 5.74) is 1.88. The molecule has 172 valence electrons. The van der Waals surface area contributed by atoms with Crippen molar-refractivity contribution in [3.8, 4) is 11.5 Å². The first kappa shape index (κ1) is 22.5. The lowest BCUT2D eigenvalue weighted by molar-refractivity contribution is -0.384. The van der Waals surface area contributed by atoms with Gasteiger partial charge in [0.1, 0.15) is 12.3 Å². The monoisotopic (exact) mass is 459 g/mol. The predicted molar refractivity (Wildman–Crippen MR) is 125 cm³/mol. The van der Waals surface area contributed by atoms with Gasteiger partial charge >= 0.3 is 6.03 Å². The number of hydrogen-bond donors (Lipinski definition) is 1. The third kappa shape index (κ3) is 4.88. The molecule has 0 radical (unpaired) electrons. The first-order chi connectivity index (χ1) is 16.5. The third-order valence-corrected chi connectivity index (χ3v) is 4.99. The van der Waals surface area contributed by atoms with Crippen LogP contribution in [0.3, 0.4) is 0 Å². The van der Waals surface area contributed by atoms with Gasteiger partial charge in [-0.3, -0.25) is 14.9 Å². The van der Waals surface area contributed by atoms with Crippen molar-refractivity contribution < 1.29 is 24.0 Å². The van der Waals surface area contributed by atoms with Crippen LogP contribution in [0.15, 0.2) is 78.5 Å². The van der Waals surface area contributed by atoms with Crippen LogP contribution in [-0.2, 0) is 11.4 Å².